The van der Waals surface area contributed by atoms with Gasteiger partial charge in [-0.15, -0.1) is 22.7 Å². The molecule has 1 amide bonds. The number of nitrogens with one attached hydrogen (secondary N) is 1. The number of para-hydroxylation sites is 1. The summed E-state index contributed by atoms with van der Waals surface area (Å²) in [5.41, 5.74) is 3.77. The molecule has 2 aromatic carbocycles. The lowest BCUT2D eigenvalue weighted by molar-refractivity contribution is -0.113. The summed E-state index contributed by atoms with van der Waals surface area (Å²) in [7, 11) is 0. The van der Waals surface area contributed by atoms with Crippen LogP contribution in [-0.2, 0) is 22.4 Å². The third-order valence-electron chi connectivity index (χ3n) is 7.25. The van der Waals surface area contributed by atoms with Crippen molar-refractivity contribution in [3.05, 3.63) is 92.4 Å². The van der Waals surface area contributed by atoms with Crippen LogP contribution in [0.2, 0.25) is 0 Å². The van der Waals surface area contributed by atoms with Crippen LogP contribution in [0, 0.1) is 5.92 Å². The lowest BCUT2D eigenvalue weighted by Gasteiger charge is -2.18. The summed E-state index contributed by atoms with van der Waals surface area (Å²) in [6.45, 7) is 4.25. The fraction of sp³-hybridized carbons (Fsp3) is 0.250. The zero-order chi connectivity index (χ0) is 29.2. The molecule has 1 atom stereocenters. The van der Waals surface area contributed by atoms with Gasteiger partial charge in [-0.1, -0.05) is 67.2 Å². The maximum atomic E-state index is 14.0. The molecule has 3 heterocycles. The zero-order valence-electron chi connectivity index (χ0n) is 23.2. The molecule has 3 aromatic heterocycles. The molecular weight excluding hydrogens is 587 g/mol. The van der Waals surface area contributed by atoms with Crippen molar-refractivity contribution in [1.82, 2.24) is 9.55 Å². The third kappa shape index (κ3) is 5.54. The number of thiophene rings is 2. The fourth-order valence-electron chi connectivity index (χ4n) is 5.25. The molecule has 10 heteroatoms. The molecule has 7 nitrogen and oxygen atoms in total. The first-order valence-corrected chi connectivity index (χ1v) is 16.5. The zero-order valence-corrected chi connectivity index (χ0v) is 25.7. The van der Waals surface area contributed by atoms with Crippen LogP contribution in [-0.4, -0.2) is 33.8 Å². The molecule has 5 aromatic rings. The highest BCUT2D eigenvalue weighted by Gasteiger charge is 2.29. The maximum absolute atomic E-state index is 14.0. The number of thioether (sulfide) groups is 1. The van der Waals surface area contributed by atoms with Crippen molar-refractivity contribution in [3.8, 4) is 16.8 Å². The smallest absolute Gasteiger partial charge is 0.341 e. The van der Waals surface area contributed by atoms with Gasteiger partial charge in [0.1, 0.15) is 9.83 Å². The van der Waals surface area contributed by atoms with E-state index in [1.54, 1.807) is 11.5 Å². The van der Waals surface area contributed by atoms with Crippen molar-refractivity contribution >= 4 is 61.5 Å². The predicted octanol–water partition coefficient (Wildman–Crippen LogP) is 7.21. The van der Waals surface area contributed by atoms with E-state index in [2.05, 4.69) is 12.2 Å². The minimum atomic E-state index is -0.399. The van der Waals surface area contributed by atoms with Gasteiger partial charge in [-0.2, -0.15) is 0 Å². The molecule has 42 heavy (non-hydrogen) atoms. The number of esters is 1. The van der Waals surface area contributed by atoms with Crippen LogP contribution in [0.3, 0.4) is 0 Å². The van der Waals surface area contributed by atoms with E-state index in [-0.39, 0.29) is 23.8 Å². The van der Waals surface area contributed by atoms with E-state index in [0.717, 1.165) is 40.8 Å². The number of amides is 1. The number of benzene rings is 2. The maximum Gasteiger partial charge on any atom is 0.341 e. The molecule has 0 aliphatic heterocycles. The second-order valence-electron chi connectivity index (χ2n) is 10.2. The van der Waals surface area contributed by atoms with Gasteiger partial charge in [0.05, 0.1) is 29.0 Å². The molecule has 1 N–H and O–H groups in total. The highest BCUT2D eigenvalue weighted by Crippen LogP contribution is 2.40. The first-order valence-electron chi connectivity index (χ1n) is 13.8. The van der Waals surface area contributed by atoms with Crippen molar-refractivity contribution in [2.45, 2.75) is 38.3 Å². The standard InChI is InChI=1S/C32H29N3O4S3/c1-3-39-31(38)27-22-15-14-19(2)16-24(22)42-29(27)33-25(36)18-41-32-34-28-26(23(17-40-28)20-10-6-4-7-11-20)30(37)35(32)21-12-8-5-9-13-21/h4-13,17,19H,3,14-16,18H2,1-2H3,(H,33,36). The minimum absolute atomic E-state index is 0.0168. The average Bonchev–Trinajstić information content (AvgIpc) is 3.58. The lowest BCUT2D eigenvalue weighted by Crippen LogP contribution is -2.23. The Morgan fingerprint density at radius 2 is 1.86 bits per heavy atom. The van der Waals surface area contributed by atoms with Gasteiger partial charge in [-0.3, -0.25) is 14.2 Å². The fourth-order valence-corrected chi connectivity index (χ4v) is 8.47. The lowest BCUT2D eigenvalue weighted by atomic mass is 9.88. The summed E-state index contributed by atoms with van der Waals surface area (Å²) in [5.74, 6) is -0.129. The Hall–Kier alpha value is -3.73. The van der Waals surface area contributed by atoms with Crippen LogP contribution < -0.4 is 10.9 Å². The van der Waals surface area contributed by atoms with Crippen LogP contribution in [0.4, 0.5) is 5.00 Å². The molecule has 0 saturated heterocycles. The first kappa shape index (κ1) is 28.4. The van der Waals surface area contributed by atoms with Gasteiger partial charge < -0.3 is 10.1 Å². The van der Waals surface area contributed by atoms with Gasteiger partial charge in [0.25, 0.3) is 5.56 Å². The monoisotopic (exact) mass is 615 g/mol. The van der Waals surface area contributed by atoms with Crippen molar-refractivity contribution in [1.29, 1.82) is 0 Å². The summed E-state index contributed by atoms with van der Waals surface area (Å²) in [5, 5.41) is 6.46. The molecule has 1 unspecified atom stereocenters. The Balaban J connectivity index is 1.32. The van der Waals surface area contributed by atoms with E-state index in [9.17, 15) is 14.4 Å². The van der Waals surface area contributed by atoms with Gasteiger partial charge in [0.2, 0.25) is 5.91 Å². The minimum Gasteiger partial charge on any atom is -0.462 e. The van der Waals surface area contributed by atoms with E-state index >= 15 is 0 Å². The Kier molecular flexibility index (Phi) is 8.28. The quantitative estimate of drug-likeness (QED) is 0.113. The number of aromatic nitrogens is 2. The topological polar surface area (TPSA) is 90.3 Å². The van der Waals surface area contributed by atoms with Crippen molar-refractivity contribution in [2.75, 3.05) is 17.7 Å². The molecule has 0 radical (unpaired) electrons. The highest BCUT2D eigenvalue weighted by atomic mass is 32.2. The van der Waals surface area contributed by atoms with E-state index in [1.165, 1.54) is 34.4 Å². The van der Waals surface area contributed by atoms with E-state index in [0.29, 0.717) is 37.5 Å². The SMILES string of the molecule is CCOC(=O)c1c(NC(=O)CSc2nc3scc(-c4ccccc4)c3c(=O)n2-c2ccccc2)sc2c1CCC(C)C2. The molecule has 1 aliphatic carbocycles. The Labute approximate surface area is 255 Å². The van der Waals surface area contributed by atoms with Crippen molar-refractivity contribution < 1.29 is 14.3 Å². The molecule has 0 spiro atoms. The van der Waals surface area contributed by atoms with Gasteiger partial charge in [-0.25, -0.2) is 9.78 Å². The first-order chi connectivity index (χ1) is 20.4. The summed E-state index contributed by atoms with van der Waals surface area (Å²) in [6.07, 6.45) is 2.68. The van der Waals surface area contributed by atoms with Crippen LogP contribution in [0.1, 0.15) is 41.1 Å². The molecular formula is C32H29N3O4S3. The largest absolute Gasteiger partial charge is 0.462 e. The molecule has 214 valence electrons. The normalized spacial score (nSPS) is 14.5. The highest BCUT2D eigenvalue weighted by molar-refractivity contribution is 7.99. The number of carbonyl (C=O) groups is 2. The predicted molar refractivity (Wildman–Crippen MR) is 171 cm³/mol. The van der Waals surface area contributed by atoms with E-state index < -0.39 is 5.97 Å². The number of hydrogen-bond donors (Lipinski definition) is 1. The Bertz CT molecular complexity index is 1830. The van der Waals surface area contributed by atoms with Crippen LogP contribution in [0.5, 0.6) is 0 Å². The molecule has 1 aliphatic rings. The number of carbonyl (C=O) groups excluding carboxylic acids is 2. The van der Waals surface area contributed by atoms with E-state index in [1.807, 2.05) is 66.0 Å². The van der Waals surface area contributed by atoms with Gasteiger partial charge >= 0.3 is 5.97 Å². The van der Waals surface area contributed by atoms with Crippen molar-refractivity contribution in [3.63, 3.8) is 0 Å². The van der Waals surface area contributed by atoms with Crippen LogP contribution >= 0.6 is 34.4 Å². The summed E-state index contributed by atoms with van der Waals surface area (Å²) < 4.78 is 6.93. The summed E-state index contributed by atoms with van der Waals surface area (Å²) in [6, 6.07) is 19.1. The van der Waals surface area contributed by atoms with Gasteiger partial charge in [-0.05, 0) is 55.4 Å². The summed E-state index contributed by atoms with van der Waals surface area (Å²) >= 11 is 4.08. The number of anilines is 1. The van der Waals surface area contributed by atoms with Crippen molar-refractivity contribution in [2.24, 2.45) is 5.92 Å². The Morgan fingerprint density at radius 1 is 1.12 bits per heavy atom. The third-order valence-corrected chi connectivity index (χ3v) is 10.2. The second-order valence-corrected chi connectivity index (χ2v) is 13.1. The second kappa shape index (κ2) is 12.2. The average molecular weight is 616 g/mol. The molecule has 0 fully saturated rings. The van der Waals surface area contributed by atoms with E-state index in [4.69, 9.17) is 9.72 Å². The number of hydrogen-bond acceptors (Lipinski definition) is 8. The number of rotatable bonds is 8. The number of fused-ring (bicyclic) bond motifs is 2. The molecule has 0 bridgehead atoms. The molecule has 6 rings (SSSR count). The molecule has 0 saturated carbocycles. The summed E-state index contributed by atoms with van der Waals surface area (Å²) in [4.78, 5) is 46.8. The number of ether oxygens (including phenoxy) is 1. The van der Waals surface area contributed by atoms with Gasteiger partial charge in [0.15, 0.2) is 5.16 Å². The van der Waals surface area contributed by atoms with Gasteiger partial charge in [0, 0.05) is 15.8 Å². The van der Waals surface area contributed by atoms with Crippen LogP contribution in [0.25, 0.3) is 27.0 Å². The Morgan fingerprint density at radius 3 is 2.60 bits per heavy atom. The number of nitrogens with zero attached hydrogens (tertiary/aromatic N) is 2. The van der Waals surface area contributed by atoms with Crippen LogP contribution in [0.15, 0.2) is 76.0 Å².